The van der Waals surface area contributed by atoms with Crippen LogP contribution < -0.4 is 5.32 Å². The maximum Gasteiger partial charge on any atom is 0.0713 e. The molecule has 0 radical (unpaired) electrons. The molecule has 0 bridgehead atoms. The Hall–Kier alpha value is -1.51. The number of halogens is 1. The molecule has 0 aromatic heterocycles. The third-order valence-electron chi connectivity index (χ3n) is 2.66. The first-order chi connectivity index (χ1) is 8.79. The molecule has 0 atom stereocenters. The lowest BCUT2D eigenvalue weighted by Gasteiger charge is -2.09. The van der Waals surface area contributed by atoms with Gasteiger partial charge >= 0.3 is 0 Å². The van der Waals surface area contributed by atoms with Gasteiger partial charge in [0.25, 0.3) is 0 Å². The molecule has 1 N–H and O–H groups in total. The number of anilines is 1. The number of hydrogen-bond acceptors (Lipinski definition) is 2. The molecule has 0 aliphatic heterocycles. The number of methoxy groups -OCH3 is 1. The van der Waals surface area contributed by atoms with Crippen molar-refractivity contribution in [1.82, 2.24) is 0 Å². The monoisotopic (exact) mass is 261 g/mol. The van der Waals surface area contributed by atoms with Crippen molar-refractivity contribution in [3.8, 4) is 0 Å². The second-order valence-corrected chi connectivity index (χ2v) is 4.49. The Morgan fingerprint density at radius 3 is 2.61 bits per heavy atom. The fourth-order valence-electron chi connectivity index (χ4n) is 1.80. The summed E-state index contributed by atoms with van der Waals surface area (Å²) in [7, 11) is 1.70. The fraction of sp³-hybridized carbons (Fsp3) is 0.200. The van der Waals surface area contributed by atoms with Crippen molar-refractivity contribution in [3.05, 3.63) is 64.7 Å². The van der Waals surface area contributed by atoms with E-state index in [0.29, 0.717) is 6.61 Å². The zero-order valence-corrected chi connectivity index (χ0v) is 11.1. The van der Waals surface area contributed by atoms with Crippen LogP contribution in [0.25, 0.3) is 0 Å². The first kappa shape index (κ1) is 12.9. The van der Waals surface area contributed by atoms with E-state index in [0.717, 1.165) is 17.3 Å². The predicted molar refractivity (Wildman–Crippen MR) is 75.9 cm³/mol. The van der Waals surface area contributed by atoms with E-state index in [9.17, 15) is 0 Å². The van der Waals surface area contributed by atoms with E-state index < -0.39 is 0 Å². The third kappa shape index (κ3) is 3.49. The van der Waals surface area contributed by atoms with E-state index in [-0.39, 0.29) is 0 Å². The van der Waals surface area contributed by atoms with E-state index in [2.05, 4.69) is 23.5 Å². The molecule has 0 heterocycles. The van der Waals surface area contributed by atoms with Crippen LogP contribution in [0, 0.1) is 0 Å². The summed E-state index contributed by atoms with van der Waals surface area (Å²) in [6.45, 7) is 1.39. The predicted octanol–water partition coefficient (Wildman–Crippen LogP) is 4.10. The van der Waals surface area contributed by atoms with Gasteiger partial charge in [-0.15, -0.1) is 0 Å². The highest BCUT2D eigenvalue weighted by Crippen LogP contribution is 2.21. The molecule has 0 aliphatic rings. The van der Waals surface area contributed by atoms with Crippen molar-refractivity contribution in [2.24, 2.45) is 0 Å². The fourth-order valence-corrected chi connectivity index (χ4v) is 2.00. The molecule has 0 unspecified atom stereocenters. The highest BCUT2D eigenvalue weighted by molar-refractivity contribution is 6.33. The minimum absolute atomic E-state index is 0.639. The number of para-hydroxylation sites is 1. The van der Waals surface area contributed by atoms with Crippen molar-refractivity contribution >= 4 is 17.3 Å². The van der Waals surface area contributed by atoms with Crippen LogP contribution in [0.4, 0.5) is 5.69 Å². The molecule has 0 fully saturated rings. The molecule has 2 aromatic rings. The first-order valence-electron chi connectivity index (χ1n) is 5.85. The molecule has 0 saturated heterocycles. The van der Waals surface area contributed by atoms with Gasteiger partial charge in [0.15, 0.2) is 0 Å². The van der Waals surface area contributed by atoms with Crippen LogP contribution in [0.1, 0.15) is 11.1 Å². The largest absolute Gasteiger partial charge is 0.380 e. The smallest absolute Gasteiger partial charge is 0.0713 e. The highest BCUT2D eigenvalue weighted by Gasteiger charge is 1.99. The minimum atomic E-state index is 0.639. The molecule has 2 nitrogen and oxygen atoms in total. The average molecular weight is 262 g/mol. The number of ether oxygens (including phenoxy) is 1. The van der Waals surface area contributed by atoms with Crippen LogP contribution in [0.5, 0.6) is 0 Å². The summed E-state index contributed by atoms with van der Waals surface area (Å²) >= 11 is 6.09. The van der Waals surface area contributed by atoms with Crippen molar-refractivity contribution in [1.29, 1.82) is 0 Å². The molecule has 3 heteroatoms. The molecular formula is C15H16ClNO. The number of rotatable bonds is 5. The summed E-state index contributed by atoms with van der Waals surface area (Å²) < 4.78 is 5.12. The minimum Gasteiger partial charge on any atom is -0.380 e. The van der Waals surface area contributed by atoms with E-state index >= 15 is 0 Å². The Morgan fingerprint density at radius 2 is 1.83 bits per heavy atom. The zero-order chi connectivity index (χ0) is 12.8. The molecule has 2 aromatic carbocycles. The zero-order valence-electron chi connectivity index (χ0n) is 10.3. The van der Waals surface area contributed by atoms with Gasteiger partial charge in [-0.25, -0.2) is 0 Å². The normalized spacial score (nSPS) is 10.3. The SMILES string of the molecule is COCc1cccc(CNc2ccccc2Cl)c1. The van der Waals surface area contributed by atoms with Gasteiger partial charge in [-0.3, -0.25) is 0 Å². The van der Waals surface area contributed by atoms with E-state index in [1.165, 1.54) is 11.1 Å². The Balaban J connectivity index is 2.02. The van der Waals surface area contributed by atoms with Crippen molar-refractivity contribution in [3.63, 3.8) is 0 Å². The van der Waals surface area contributed by atoms with Gasteiger partial charge in [-0.1, -0.05) is 48.0 Å². The van der Waals surface area contributed by atoms with Crippen LogP contribution >= 0.6 is 11.6 Å². The molecule has 94 valence electrons. The summed E-state index contributed by atoms with van der Waals surface area (Å²) in [5.74, 6) is 0. The number of nitrogens with one attached hydrogen (secondary N) is 1. The summed E-state index contributed by atoms with van der Waals surface area (Å²) in [5, 5.41) is 4.07. The quantitative estimate of drug-likeness (QED) is 0.875. The molecule has 18 heavy (non-hydrogen) atoms. The van der Waals surface area contributed by atoms with Crippen LogP contribution in [-0.4, -0.2) is 7.11 Å². The van der Waals surface area contributed by atoms with E-state index in [1.807, 2.05) is 30.3 Å². The molecular weight excluding hydrogens is 246 g/mol. The van der Waals surface area contributed by atoms with Gasteiger partial charge in [0, 0.05) is 13.7 Å². The topological polar surface area (TPSA) is 21.3 Å². The highest BCUT2D eigenvalue weighted by atomic mass is 35.5. The number of benzene rings is 2. The van der Waals surface area contributed by atoms with Crippen molar-refractivity contribution in [2.75, 3.05) is 12.4 Å². The Labute approximate surface area is 113 Å². The Kier molecular flexibility index (Phi) is 4.62. The van der Waals surface area contributed by atoms with Crippen molar-refractivity contribution < 1.29 is 4.74 Å². The van der Waals surface area contributed by atoms with Crippen LogP contribution in [0.2, 0.25) is 5.02 Å². The molecule has 0 saturated carbocycles. The maximum absolute atomic E-state index is 6.09. The molecule has 0 aliphatic carbocycles. The summed E-state index contributed by atoms with van der Waals surface area (Å²) in [6.07, 6.45) is 0. The first-order valence-corrected chi connectivity index (χ1v) is 6.22. The standard InChI is InChI=1S/C15H16ClNO/c1-18-11-13-6-4-5-12(9-13)10-17-15-8-3-2-7-14(15)16/h2-9,17H,10-11H2,1H3. The van der Waals surface area contributed by atoms with E-state index in [1.54, 1.807) is 7.11 Å². The van der Waals surface area contributed by atoms with Gasteiger partial charge in [0.2, 0.25) is 0 Å². The van der Waals surface area contributed by atoms with E-state index in [4.69, 9.17) is 16.3 Å². The summed E-state index contributed by atoms with van der Waals surface area (Å²) in [6, 6.07) is 16.1. The molecule has 2 rings (SSSR count). The van der Waals surface area contributed by atoms with Gasteiger partial charge < -0.3 is 10.1 Å². The molecule has 0 spiro atoms. The second-order valence-electron chi connectivity index (χ2n) is 4.09. The van der Waals surface area contributed by atoms with Gasteiger partial charge in [-0.05, 0) is 23.3 Å². The number of hydrogen-bond donors (Lipinski definition) is 1. The van der Waals surface area contributed by atoms with Gasteiger partial charge in [0.05, 0.1) is 17.3 Å². The maximum atomic E-state index is 6.09. The lowest BCUT2D eigenvalue weighted by atomic mass is 10.1. The van der Waals surface area contributed by atoms with Crippen LogP contribution in [-0.2, 0) is 17.9 Å². The Morgan fingerprint density at radius 1 is 1.06 bits per heavy atom. The van der Waals surface area contributed by atoms with Crippen LogP contribution in [0.15, 0.2) is 48.5 Å². The summed E-state index contributed by atoms with van der Waals surface area (Å²) in [5.41, 5.74) is 3.34. The second kappa shape index (κ2) is 6.43. The third-order valence-corrected chi connectivity index (χ3v) is 2.99. The van der Waals surface area contributed by atoms with Gasteiger partial charge in [0.1, 0.15) is 0 Å². The summed E-state index contributed by atoms with van der Waals surface area (Å²) in [4.78, 5) is 0. The average Bonchev–Trinajstić information content (AvgIpc) is 2.39. The van der Waals surface area contributed by atoms with Crippen LogP contribution in [0.3, 0.4) is 0 Å². The van der Waals surface area contributed by atoms with Gasteiger partial charge in [-0.2, -0.15) is 0 Å². The lowest BCUT2D eigenvalue weighted by Crippen LogP contribution is -2.00. The Bertz CT molecular complexity index is 513. The lowest BCUT2D eigenvalue weighted by molar-refractivity contribution is 0.185. The molecule has 0 amide bonds. The van der Waals surface area contributed by atoms with Crippen molar-refractivity contribution in [2.45, 2.75) is 13.2 Å².